The largest absolute Gasteiger partial charge is 0.310 e. The molecule has 1 heterocycles. The van der Waals surface area contributed by atoms with Gasteiger partial charge < -0.3 is 9.47 Å². The van der Waals surface area contributed by atoms with Gasteiger partial charge in [-0.05, 0) is 149 Å². The zero-order valence-electron chi connectivity index (χ0n) is 39.5. The average Bonchev–Trinajstić information content (AvgIpc) is 3.79. The van der Waals surface area contributed by atoms with Crippen molar-refractivity contribution in [2.24, 2.45) is 0 Å². The van der Waals surface area contributed by atoms with Gasteiger partial charge in [0.25, 0.3) is 0 Å². The Balaban J connectivity index is 0.927. The van der Waals surface area contributed by atoms with E-state index in [1.165, 1.54) is 98.3 Å². The smallest absolute Gasteiger partial charge is 0.0541 e. The number of nitrogens with zero attached hydrogens (tertiary/aromatic N) is 2. The maximum absolute atomic E-state index is 2.44. The second kappa shape index (κ2) is 17.2. The van der Waals surface area contributed by atoms with E-state index >= 15 is 0 Å². The summed E-state index contributed by atoms with van der Waals surface area (Å²) in [5, 5.41) is 12.4. The molecular weight excluding hydrogens is 869 g/mol. The van der Waals surface area contributed by atoms with Crippen LogP contribution in [0.1, 0.15) is 0 Å². The van der Waals surface area contributed by atoms with Gasteiger partial charge in [0.2, 0.25) is 0 Å². The van der Waals surface area contributed by atoms with Crippen molar-refractivity contribution in [3.63, 3.8) is 0 Å². The fourth-order valence-corrected chi connectivity index (χ4v) is 11.5. The predicted octanol–water partition coefficient (Wildman–Crippen LogP) is 19.5. The van der Waals surface area contributed by atoms with Gasteiger partial charge >= 0.3 is 0 Å². The Morgan fingerprint density at radius 3 is 1.51 bits per heavy atom. The van der Waals surface area contributed by atoms with Crippen LogP contribution in [-0.2, 0) is 0 Å². The molecule has 0 spiro atoms. The molecule has 0 atom stereocenters. The standard InChI is InChI=1S/C70H46N2/c1-4-19-49(20-5-1)69-63-30-13-12-28-59(63)60-41-37-52(46-65(60)70(69)50-21-6-2-7-22-50)47-34-39-55(40-35-47)71(66-33-17-31-58-57-27-11-10-18-48(57)36-42-62(58)66)56-26-16-23-51(44-56)53-38-43-68-64(45-53)61-29-14-15-32-67(61)72(68)54-24-8-3-9-25-54/h1-46H. The summed E-state index contributed by atoms with van der Waals surface area (Å²) in [6.07, 6.45) is 0. The van der Waals surface area contributed by atoms with Crippen molar-refractivity contribution in [2.45, 2.75) is 0 Å². The molecule has 0 aliphatic carbocycles. The van der Waals surface area contributed by atoms with Crippen LogP contribution in [0.4, 0.5) is 17.1 Å². The van der Waals surface area contributed by atoms with E-state index in [0.717, 1.165) is 33.9 Å². The molecule has 1 aromatic heterocycles. The van der Waals surface area contributed by atoms with Gasteiger partial charge in [0, 0.05) is 33.2 Å². The van der Waals surface area contributed by atoms with Crippen molar-refractivity contribution in [2.75, 3.05) is 4.90 Å². The maximum atomic E-state index is 2.44. The highest BCUT2D eigenvalue weighted by atomic mass is 15.1. The number of aromatic nitrogens is 1. The number of hydrogen-bond acceptors (Lipinski definition) is 1. The summed E-state index contributed by atoms with van der Waals surface area (Å²) in [5.74, 6) is 0. The van der Waals surface area contributed by atoms with Gasteiger partial charge in [-0.25, -0.2) is 0 Å². The lowest BCUT2D eigenvalue weighted by atomic mass is 9.84. The molecular formula is C70H46N2. The summed E-state index contributed by atoms with van der Waals surface area (Å²) in [5.41, 5.74) is 16.5. The Kier molecular flexibility index (Phi) is 9.89. The molecule has 14 rings (SSSR count). The minimum Gasteiger partial charge on any atom is -0.310 e. The SMILES string of the molecule is c1ccc(-c2c(-c3ccccc3)c3cc(-c4ccc(N(c5cccc(-c6ccc7c(c6)c6ccccc6n7-c6ccccc6)c5)c5cccc6c5ccc5ccccc56)cc4)ccc3c3ccccc23)cc1. The molecule has 2 heteroatoms. The van der Waals surface area contributed by atoms with Crippen LogP contribution >= 0.6 is 0 Å². The Bertz CT molecular complexity index is 4360. The number of fused-ring (bicyclic) bond motifs is 9. The lowest BCUT2D eigenvalue weighted by Gasteiger charge is -2.28. The van der Waals surface area contributed by atoms with Gasteiger partial charge in [0.15, 0.2) is 0 Å². The highest BCUT2D eigenvalue weighted by molar-refractivity contribution is 6.22. The Hall–Kier alpha value is -9.50. The van der Waals surface area contributed by atoms with Crippen LogP contribution in [0.3, 0.4) is 0 Å². The van der Waals surface area contributed by atoms with E-state index in [-0.39, 0.29) is 0 Å². The van der Waals surface area contributed by atoms with Crippen LogP contribution in [0.5, 0.6) is 0 Å². The molecule has 2 nitrogen and oxygen atoms in total. The summed E-state index contributed by atoms with van der Waals surface area (Å²) >= 11 is 0. The Labute approximate surface area is 418 Å². The molecule has 336 valence electrons. The Morgan fingerprint density at radius 2 is 0.736 bits per heavy atom. The normalized spacial score (nSPS) is 11.6. The van der Waals surface area contributed by atoms with Crippen LogP contribution < -0.4 is 4.90 Å². The first-order chi connectivity index (χ1) is 35.7. The predicted molar refractivity (Wildman–Crippen MR) is 307 cm³/mol. The van der Waals surface area contributed by atoms with E-state index in [1.807, 2.05) is 0 Å². The minimum atomic E-state index is 1.08. The molecule has 14 aromatic rings. The highest BCUT2D eigenvalue weighted by Crippen LogP contribution is 2.47. The fraction of sp³-hybridized carbons (Fsp3) is 0. The summed E-state index contributed by atoms with van der Waals surface area (Å²) in [6.45, 7) is 0. The maximum Gasteiger partial charge on any atom is 0.0541 e. The van der Waals surface area contributed by atoms with Crippen molar-refractivity contribution >= 4 is 82.0 Å². The van der Waals surface area contributed by atoms with Gasteiger partial charge in [0.1, 0.15) is 0 Å². The number of rotatable bonds is 8. The molecule has 0 fully saturated rings. The summed E-state index contributed by atoms with van der Waals surface area (Å²) in [4.78, 5) is 2.44. The lowest BCUT2D eigenvalue weighted by molar-refractivity contribution is 1.18. The first-order valence-electron chi connectivity index (χ1n) is 24.8. The molecule has 0 amide bonds. The summed E-state index contributed by atoms with van der Waals surface area (Å²) in [7, 11) is 0. The number of hydrogen-bond donors (Lipinski definition) is 0. The number of anilines is 3. The van der Waals surface area contributed by atoms with Crippen molar-refractivity contribution in [1.82, 2.24) is 4.57 Å². The van der Waals surface area contributed by atoms with Crippen molar-refractivity contribution in [1.29, 1.82) is 0 Å². The third-order valence-electron chi connectivity index (χ3n) is 14.7. The van der Waals surface area contributed by atoms with Crippen molar-refractivity contribution in [3.8, 4) is 50.2 Å². The first kappa shape index (κ1) is 41.5. The van der Waals surface area contributed by atoms with Gasteiger partial charge in [-0.2, -0.15) is 0 Å². The fourth-order valence-electron chi connectivity index (χ4n) is 11.5. The van der Waals surface area contributed by atoms with E-state index in [0.29, 0.717) is 0 Å². The molecule has 0 saturated heterocycles. The van der Waals surface area contributed by atoms with Gasteiger partial charge in [-0.15, -0.1) is 0 Å². The third-order valence-corrected chi connectivity index (χ3v) is 14.7. The van der Waals surface area contributed by atoms with Crippen LogP contribution in [0.25, 0.3) is 115 Å². The van der Waals surface area contributed by atoms with Crippen LogP contribution in [0.2, 0.25) is 0 Å². The minimum absolute atomic E-state index is 1.08. The van der Waals surface area contributed by atoms with E-state index in [4.69, 9.17) is 0 Å². The third kappa shape index (κ3) is 6.88. The van der Waals surface area contributed by atoms with Crippen LogP contribution in [0.15, 0.2) is 279 Å². The summed E-state index contributed by atoms with van der Waals surface area (Å²) < 4.78 is 2.38. The van der Waals surface area contributed by atoms with E-state index in [1.54, 1.807) is 0 Å². The van der Waals surface area contributed by atoms with Gasteiger partial charge in [0.05, 0.1) is 16.7 Å². The molecule has 0 saturated carbocycles. The average molecular weight is 915 g/mol. The monoisotopic (exact) mass is 914 g/mol. The topological polar surface area (TPSA) is 8.17 Å². The molecule has 0 bridgehead atoms. The molecule has 0 radical (unpaired) electrons. The molecule has 0 N–H and O–H groups in total. The van der Waals surface area contributed by atoms with E-state index in [2.05, 4.69) is 289 Å². The summed E-state index contributed by atoms with van der Waals surface area (Å²) in [6, 6.07) is 102. The van der Waals surface area contributed by atoms with Crippen molar-refractivity contribution in [3.05, 3.63) is 279 Å². The van der Waals surface area contributed by atoms with Crippen LogP contribution in [-0.4, -0.2) is 4.57 Å². The van der Waals surface area contributed by atoms with Crippen molar-refractivity contribution < 1.29 is 0 Å². The van der Waals surface area contributed by atoms with Gasteiger partial charge in [-0.3, -0.25) is 0 Å². The molecule has 0 aliphatic heterocycles. The highest BCUT2D eigenvalue weighted by Gasteiger charge is 2.21. The lowest BCUT2D eigenvalue weighted by Crippen LogP contribution is -2.10. The molecule has 0 aliphatic rings. The second-order valence-corrected chi connectivity index (χ2v) is 18.8. The van der Waals surface area contributed by atoms with Gasteiger partial charge in [-0.1, -0.05) is 212 Å². The van der Waals surface area contributed by atoms with Crippen LogP contribution in [0, 0.1) is 0 Å². The number of benzene rings is 13. The first-order valence-corrected chi connectivity index (χ1v) is 24.8. The zero-order valence-corrected chi connectivity index (χ0v) is 39.5. The molecule has 0 unspecified atom stereocenters. The van der Waals surface area contributed by atoms with E-state index in [9.17, 15) is 0 Å². The second-order valence-electron chi connectivity index (χ2n) is 18.8. The Morgan fingerprint density at radius 1 is 0.236 bits per heavy atom. The zero-order chi connectivity index (χ0) is 47.5. The molecule has 13 aromatic carbocycles. The number of para-hydroxylation sites is 2. The molecule has 72 heavy (non-hydrogen) atoms. The quantitative estimate of drug-likeness (QED) is 0.138. The van der Waals surface area contributed by atoms with E-state index < -0.39 is 0 Å².